The minimum atomic E-state index is -0.300. The molecule has 0 aliphatic heterocycles. The normalized spacial score (nSPS) is 12.1. The SMILES string of the molecule is Cc1cnc(N[C@@H](Cc2ccccc2)CN(C)C)c(=O)n1CC(=O)NCc1ccc2[nH]ccc2c1. The molecule has 8 heteroatoms. The molecule has 182 valence electrons. The van der Waals surface area contributed by atoms with Gasteiger partial charge in [0.05, 0.1) is 0 Å². The Morgan fingerprint density at radius 3 is 2.69 bits per heavy atom. The molecule has 1 amide bonds. The van der Waals surface area contributed by atoms with Gasteiger partial charge in [-0.2, -0.15) is 0 Å². The van der Waals surface area contributed by atoms with Crippen LogP contribution in [0.4, 0.5) is 5.82 Å². The van der Waals surface area contributed by atoms with Crippen molar-refractivity contribution >= 4 is 22.6 Å². The number of H-pyrrole nitrogens is 1. The van der Waals surface area contributed by atoms with Gasteiger partial charge < -0.3 is 20.5 Å². The first-order chi connectivity index (χ1) is 16.9. The van der Waals surface area contributed by atoms with Crippen LogP contribution in [0.25, 0.3) is 10.9 Å². The van der Waals surface area contributed by atoms with Crippen molar-refractivity contribution < 1.29 is 4.79 Å². The van der Waals surface area contributed by atoms with Gasteiger partial charge >= 0.3 is 0 Å². The summed E-state index contributed by atoms with van der Waals surface area (Å²) in [6, 6.07) is 18.1. The van der Waals surface area contributed by atoms with Gasteiger partial charge in [-0.3, -0.25) is 14.2 Å². The minimum absolute atomic E-state index is 0.0130. The Hall–Kier alpha value is -3.91. The summed E-state index contributed by atoms with van der Waals surface area (Å²) in [4.78, 5) is 35.5. The van der Waals surface area contributed by atoms with Crippen molar-refractivity contribution in [2.45, 2.75) is 32.5 Å². The summed E-state index contributed by atoms with van der Waals surface area (Å²) in [7, 11) is 4.00. The number of aryl methyl sites for hydroxylation is 1. The summed E-state index contributed by atoms with van der Waals surface area (Å²) in [5, 5.41) is 7.33. The van der Waals surface area contributed by atoms with Crippen LogP contribution in [-0.4, -0.2) is 52.0 Å². The molecule has 1 atom stereocenters. The van der Waals surface area contributed by atoms with Crippen LogP contribution >= 0.6 is 0 Å². The fourth-order valence-corrected chi connectivity index (χ4v) is 4.17. The molecule has 0 radical (unpaired) electrons. The number of fused-ring (bicyclic) bond motifs is 1. The Balaban J connectivity index is 1.44. The van der Waals surface area contributed by atoms with Gasteiger partial charge in [-0.25, -0.2) is 4.98 Å². The van der Waals surface area contributed by atoms with Crippen LogP contribution in [0.15, 0.2) is 71.8 Å². The molecule has 0 fully saturated rings. The molecule has 0 saturated carbocycles. The lowest BCUT2D eigenvalue weighted by Crippen LogP contribution is -2.39. The third-order valence-electron chi connectivity index (χ3n) is 5.91. The minimum Gasteiger partial charge on any atom is -0.361 e. The molecule has 2 aromatic heterocycles. The summed E-state index contributed by atoms with van der Waals surface area (Å²) in [5.41, 5.74) is 3.57. The average molecular weight is 473 g/mol. The quantitative estimate of drug-likeness (QED) is 0.330. The Labute approximate surface area is 205 Å². The number of anilines is 1. The first kappa shape index (κ1) is 24.2. The predicted octanol–water partition coefficient (Wildman–Crippen LogP) is 2.93. The second kappa shape index (κ2) is 11.0. The van der Waals surface area contributed by atoms with Gasteiger partial charge in [-0.05, 0) is 62.2 Å². The highest BCUT2D eigenvalue weighted by Crippen LogP contribution is 2.14. The van der Waals surface area contributed by atoms with E-state index in [2.05, 4.69) is 37.6 Å². The van der Waals surface area contributed by atoms with Crippen molar-refractivity contribution in [3.63, 3.8) is 0 Å². The van der Waals surface area contributed by atoms with Crippen LogP contribution in [-0.2, 0) is 24.3 Å². The largest absolute Gasteiger partial charge is 0.361 e. The number of rotatable bonds is 10. The van der Waals surface area contributed by atoms with E-state index < -0.39 is 0 Å². The number of carbonyl (C=O) groups is 1. The van der Waals surface area contributed by atoms with Crippen LogP contribution < -0.4 is 16.2 Å². The summed E-state index contributed by atoms with van der Waals surface area (Å²) in [6.45, 7) is 2.85. The highest BCUT2D eigenvalue weighted by molar-refractivity contribution is 5.80. The Morgan fingerprint density at radius 2 is 1.91 bits per heavy atom. The van der Waals surface area contributed by atoms with Gasteiger partial charge in [0.1, 0.15) is 6.54 Å². The highest BCUT2D eigenvalue weighted by Gasteiger charge is 2.17. The van der Waals surface area contributed by atoms with Crippen molar-refractivity contribution in [1.29, 1.82) is 0 Å². The molecule has 2 heterocycles. The second-order valence-electron chi connectivity index (χ2n) is 9.11. The van der Waals surface area contributed by atoms with Gasteiger partial charge in [0.25, 0.3) is 5.56 Å². The number of benzene rings is 2. The van der Waals surface area contributed by atoms with Crippen molar-refractivity contribution in [1.82, 2.24) is 24.8 Å². The van der Waals surface area contributed by atoms with Crippen LogP contribution in [0, 0.1) is 6.92 Å². The van der Waals surface area contributed by atoms with E-state index in [0.717, 1.165) is 29.4 Å². The van der Waals surface area contributed by atoms with E-state index in [1.54, 1.807) is 13.1 Å². The first-order valence-corrected chi connectivity index (χ1v) is 11.7. The average Bonchev–Trinajstić information content (AvgIpc) is 3.30. The number of hydrogen-bond donors (Lipinski definition) is 3. The molecular weight excluding hydrogens is 440 g/mol. The lowest BCUT2D eigenvalue weighted by Gasteiger charge is -2.23. The number of aromatic nitrogens is 3. The van der Waals surface area contributed by atoms with Gasteiger partial charge in [0.2, 0.25) is 5.91 Å². The number of carbonyl (C=O) groups excluding carboxylic acids is 1. The van der Waals surface area contributed by atoms with E-state index in [1.165, 1.54) is 10.1 Å². The lowest BCUT2D eigenvalue weighted by molar-refractivity contribution is -0.121. The van der Waals surface area contributed by atoms with Crippen molar-refractivity contribution in [2.75, 3.05) is 26.0 Å². The Bertz CT molecular complexity index is 1340. The molecule has 0 saturated heterocycles. The summed E-state index contributed by atoms with van der Waals surface area (Å²) in [6.07, 6.45) is 4.27. The summed E-state index contributed by atoms with van der Waals surface area (Å²) < 4.78 is 1.47. The zero-order chi connectivity index (χ0) is 24.8. The zero-order valence-corrected chi connectivity index (χ0v) is 20.4. The summed E-state index contributed by atoms with van der Waals surface area (Å²) in [5.74, 6) is 0.0275. The van der Waals surface area contributed by atoms with Gasteiger partial charge in [0, 0.05) is 42.7 Å². The monoisotopic (exact) mass is 472 g/mol. The Morgan fingerprint density at radius 1 is 1.11 bits per heavy atom. The maximum absolute atomic E-state index is 13.2. The molecule has 0 aliphatic carbocycles. The molecule has 8 nitrogen and oxygen atoms in total. The van der Waals surface area contributed by atoms with Crippen LogP contribution in [0.5, 0.6) is 0 Å². The van der Waals surface area contributed by atoms with Crippen LogP contribution in [0.1, 0.15) is 16.8 Å². The first-order valence-electron chi connectivity index (χ1n) is 11.7. The summed E-state index contributed by atoms with van der Waals surface area (Å²) >= 11 is 0. The maximum atomic E-state index is 13.2. The zero-order valence-electron chi connectivity index (χ0n) is 20.4. The fourth-order valence-electron chi connectivity index (χ4n) is 4.17. The van der Waals surface area contributed by atoms with Crippen LogP contribution in [0.2, 0.25) is 0 Å². The molecule has 4 rings (SSSR count). The van der Waals surface area contributed by atoms with E-state index in [4.69, 9.17) is 0 Å². The third kappa shape index (κ3) is 6.36. The van der Waals surface area contributed by atoms with E-state index >= 15 is 0 Å². The van der Waals surface area contributed by atoms with Crippen molar-refractivity contribution in [3.8, 4) is 0 Å². The molecule has 2 aromatic carbocycles. The molecule has 0 aliphatic rings. The van der Waals surface area contributed by atoms with Crippen LogP contribution in [0.3, 0.4) is 0 Å². The molecule has 0 unspecified atom stereocenters. The van der Waals surface area contributed by atoms with E-state index in [0.29, 0.717) is 12.2 Å². The number of amides is 1. The molecule has 4 aromatic rings. The van der Waals surface area contributed by atoms with Crippen molar-refractivity contribution in [3.05, 3.63) is 94.2 Å². The number of hydrogen-bond acceptors (Lipinski definition) is 5. The van der Waals surface area contributed by atoms with E-state index in [9.17, 15) is 9.59 Å². The number of nitrogens with zero attached hydrogens (tertiary/aromatic N) is 3. The predicted molar refractivity (Wildman–Crippen MR) is 139 cm³/mol. The fraction of sp³-hybridized carbons (Fsp3) is 0.296. The van der Waals surface area contributed by atoms with E-state index in [1.807, 2.05) is 62.8 Å². The number of aromatic amines is 1. The van der Waals surface area contributed by atoms with E-state index in [-0.39, 0.29) is 29.9 Å². The molecule has 0 spiro atoms. The second-order valence-corrected chi connectivity index (χ2v) is 9.11. The standard InChI is InChI=1S/C27H32N6O2/c1-19-15-30-26(31-23(17-32(2)3)14-20-7-5-4-6-8-20)27(35)33(19)18-25(34)29-16-21-9-10-24-22(13-21)11-12-28-24/h4-13,15,23,28H,14,16-18H2,1-3H3,(H,29,34)(H,30,31)/t23-/m0/s1. The smallest absolute Gasteiger partial charge is 0.293 e. The van der Waals surface area contributed by atoms with Gasteiger partial charge in [-0.15, -0.1) is 0 Å². The topological polar surface area (TPSA) is 95.1 Å². The van der Waals surface area contributed by atoms with Gasteiger partial charge in [-0.1, -0.05) is 36.4 Å². The Kier molecular flexibility index (Phi) is 7.62. The molecule has 35 heavy (non-hydrogen) atoms. The highest BCUT2D eigenvalue weighted by atomic mass is 16.2. The van der Waals surface area contributed by atoms with Gasteiger partial charge in [0.15, 0.2) is 5.82 Å². The molecule has 0 bridgehead atoms. The maximum Gasteiger partial charge on any atom is 0.293 e. The lowest BCUT2D eigenvalue weighted by atomic mass is 10.1. The molecule has 3 N–H and O–H groups in total. The third-order valence-corrected chi connectivity index (χ3v) is 5.91. The molecular formula is C27H32N6O2. The number of likely N-dealkylation sites (N-methyl/N-ethyl adjacent to an activating group) is 1. The number of nitrogens with one attached hydrogen (secondary N) is 3. The van der Waals surface area contributed by atoms with Crippen molar-refractivity contribution in [2.24, 2.45) is 0 Å².